The Labute approximate surface area is 327 Å². The molecular formula is C54H38N2. The topological polar surface area (TPSA) is 8.17 Å². The first-order valence-corrected chi connectivity index (χ1v) is 19.2. The van der Waals surface area contributed by atoms with Crippen molar-refractivity contribution in [2.45, 2.75) is 0 Å². The van der Waals surface area contributed by atoms with E-state index < -0.39 is 0 Å². The molecule has 0 N–H and O–H groups in total. The fourth-order valence-corrected chi connectivity index (χ4v) is 7.98. The van der Waals surface area contributed by atoms with Crippen molar-refractivity contribution in [1.82, 2.24) is 4.57 Å². The van der Waals surface area contributed by atoms with E-state index in [4.69, 9.17) is 0 Å². The van der Waals surface area contributed by atoms with Gasteiger partial charge in [-0.25, -0.2) is 0 Å². The third kappa shape index (κ3) is 6.24. The van der Waals surface area contributed by atoms with Gasteiger partial charge in [-0.2, -0.15) is 0 Å². The Bertz CT molecular complexity index is 2890. The first kappa shape index (κ1) is 33.2. The first-order valence-electron chi connectivity index (χ1n) is 19.2. The summed E-state index contributed by atoms with van der Waals surface area (Å²) in [7, 11) is 0. The Morgan fingerprint density at radius 2 is 0.607 bits per heavy atom. The number of hydrogen-bond acceptors (Lipinski definition) is 1. The van der Waals surface area contributed by atoms with Crippen LogP contribution in [0.25, 0.3) is 72.0 Å². The van der Waals surface area contributed by atoms with E-state index in [0.717, 1.165) is 22.7 Å². The molecule has 1 aromatic heterocycles. The van der Waals surface area contributed by atoms with E-state index in [1.807, 2.05) is 0 Å². The largest absolute Gasteiger partial charge is 0.310 e. The summed E-state index contributed by atoms with van der Waals surface area (Å²) in [6.45, 7) is 0. The molecule has 0 aliphatic carbocycles. The van der Waals surface area contributed by atoms with Gasteiger partial charge in [-0.3, -0.25) is 0 Å². The number of aromatic nitrogens is 1. The van der Waals surface area contributed by atoms with Gasteiger partial charge in [0.15, 0.2) is 0 Å². The predicted octanol–water partition coefficient (Wildman–Crippen LogP) is 14.9. The van der Waals surface area contributed by atoms with E-state index in [9.17, 15) is 0 Å². The zero-order valence-electron chi connectivity index (χ0n) is 30.8. The Balaban J connectivity index is 1.02. The second-order valence-corrected chi connectivity index (χ2v) is 14.2. The molecule has 0 atom stereocenters. The lowest BCUT2D eigenvalue weighted by Crippen LogP contribution is -2.10. The summed E-state index contributed by atoms with van der Waals surface area (Å²) < 4.78 is 2.40. The van der Waals surface area contributed by atoms with Crippen LogP contribution in [-0.2, 0) is 0 Å². The molecule has 0 unspecified atom stereocenters. The summed E-state index contributed by atoms with van der Waals surface area (Å²) in [5.41, 5.74) is 16.5. The van der Waals surface area contributed by atoms with Gasteiger partial charge < -0.3 is 9.47 Å². The normalized spacial score (nSPS) is 11.2. The van der Waals surface area contributed by atoms with Gasteiger partial charge in [-0.1, -0.05) is 176 Å². The maximum Gasteiger partial charge on any atom is 0.0561 e. The average Bonchev–Trinajstić information content (AvgIpc) is 3.61. The summed E-state index contributed by atoms with van der Waals surface area (Å²) in [5.74, 6) is 0. The number of fused-ring (bicyclic) bond motifs is 3. The Hall–Kier alpha value is -7.42. The van der Waals surface area contributed by atoms with Gasteiger partial charge in [-0.05, 0) is 99.1 Å². The van der Waals surface area contributed by atoms with Crippen molar-refractivity contribution in [3.63, 3.8) is 0 Å². The number of nitrogens with zero attached hydrogens (tertiary/aromatic N) is 2. The van der Waals surface area contributed by atoms with Gasteiger partial charge in [0.05, 0.1) is 11.0 Å². The molecule has 0 saturated carbocycles. The third-order valence-corrected chi connectivity index (χ3v) is 10.8. The molecule has 264 valence electrons. The molecule has 56 heavy (non-hydrogen) atoms. The summed E-state index contributed by atoms with van der Waals surface area (Å²) in [6.07, 6.45) is 0. The van der Waals surface area contributed by atoms with Gasteiger partial charge >= 0.3 is 0 Å². The summed E-state index contributed by atoms with van der Waals surface area (Å²) >= 11 is 0. The van der Waals surface area contributed by atoms with Crippen LogP contribution in [0.15, 0.2) is 231 Å². The van der Waals surface area contributed by atoms with E-state index in [1.54, 1.807) is 0 Å². The molecule has 0 saturated heterocycles. The van der Waals surface area contributed by atoms with Crippen molar-refractivity contribution < 1.29 is 0 Å². The smallest absolute Gasteiger partial charge is 0.0561 e. The standard InChI is InChI=1S/C54H38N2/c1-4-12-39(13-5-1)41-20-24-43(25-21-41)45-28-32-48(33-29-45)55(47-16-8-3-9-17-47)50-36-37-52-51-18-10-11-19-53(51)56(54(52)38-50)49-34-30-46(31-35-49)44-26-22-42(23-27-44)40-14-6-2-7-15-40/h1-38H. The van der Waals surface area contributed by atoms with E-state index in [0.29, 0.717) is 0 Å². The number of para-hydroxylation sites is 2. The molecule has 10 rings (SSSR count). The zero-order chi connectivity index (χ0) is 37.3. The molecule has 0 radical (unpaired) electrons. The van der Waals surface area contributed by atoms with Gasteiger partial charge in [-0.15, -0.1) is 0 Å². The van der Waals surface area contributed by atoms with Crippen LogP contribution in [0.2, 0.25) is 0 Å². The molecule has 0 spiro atoms. The summed E-state index contributed by atoms with van der Waals surface area (Å²) in [4.78, 5) is 2.35. The second-order valence-electron chi connectivity index (χ2n) is 14.2. The van der Waals surface area contributed by atoms with Crippen LogP contribution >= 0.6 is 0 Å². The Morgan fingerprint density at radius 3 is 1.12 bits per heavy atom. The molecule has 2 heteroatoms. The average molecular weight is 715 g/mol. The van der Waals surface area contributed by atoms with Crippen LogP contribution in [0.1, 0.15) is 0 Å². The van der Waals surface area contributed by atoms with Crippen LogP contribution < -0.4 is 4.90 Å². The van der Waals surface area contributed by atoms with E-state index >= 15 is 0 Å². The van der Waals surface area contributed by atoms with Crippen molar-refractivity contribution >= 4 is 38.9 Å². The summed E-state index contributed by atoms with van der Waals surface area (Å²) in [5, 5.41) is 2.47. The minimum Gasteiger partial charge on any atom is -0.310 e. The zero-order valence-corrected chi connectivity index (χ0v) is 30.8. The molecule has 2 nitrogen and oxygen atoms in total. The van der Waals surface area contributed by atoms with E-state index in [1.165, 1.54) is 66.3 Å². The lowest BCUT2D eigenvalue weighted by molar-refractivity contribution is 1.18. The number of anilines is 3. The minimum absolute atomic E-state index is 1.10. The maximum absolute atomic E-state index is 2.40. The number of benzene rings is 9. The van der Waals surface area contributed by atoms with Crippen LogP contribution in [0, 0.1) is 0 Å². The van der Waals surface area contributed by atoms with Gasteiger partial charge in [0.2, 0.25) is 0 Å². The lowest BCUT2D eigenvalue weighted by atomic mass is 10.00. The highest BCUT2D eigenvalue weighted by atomic mass is 15.1. The molecule has 9 aromatic carbocycles. The maximum atomic E-state index is 2.40. The van der Waals surface area contributed by atoms with Crippen molar-refractivity contribution in [3.05, 3.63) is 231 Å². The van der Waals surface area contributed by atoms with Crippen LogP contribution in [0.3, 0.4) is 0 Å². The van der Waals surface area contributed by atoms with E-state index in [2.05, 4.69) is 240 Å². The molecular weight excluding hydrogens is 677 g/mol. The minimum atomic E-state index is 1.10. The molecule has 0 aliphatic rings. The second kappa shape index (κ2) is 14.4. The van der Waals surface area contributed by atoms with Crippen molar-refractivity contribution in [1.29, 1.82) is 0 Å². The van der Waals surface area contributed by atoms with Crippen LogP contribution in [-0.4, -0.2) is 4.57 Å². The molecule has 0 fully saturated rings. The number of hydrogen-bond donors (Lipinski definition) is 0. The number of rotatable bonds is 8. The highest BCUT2D eigenvalue weighted by molar-refractivity contribution is 6.10. The summed E-state index contributed by atoms with van der Waals surface area (Å²) in [6, 6.07) is 83.0. The van der Waals surface area contributed by atoms with Gasteiger partial charge in [0.25, 0.3) is 0 Å². The predicted molar refractivity (Wildman–Crippen MR) is 237 cm³/mol. The fraction of sp³-hybridized carbons (Fsp3) is 0. The van der Waals surface area contributed by atoms with Crippen molar-refractivity contribution in [3.8, 4) is 50.2 Å². The van der Waals surface area contributed by atoms with Gasteiger partial charge in [0, 0.05) is 33.5 Å². The molecule has 1 heterocycles. The quantitative estimate of drug-likeness (QED) is 0.152. The van der Waals surface area contributed by atoms with Crippen LogP contribution in [0.4, 0.5) is 17.1 Å². The van der Waals surface area contributed by atoms with Crippen LogP contribution in [0.5, 0.6) is 0 Å². The SMILES string of the molecule is c1ccc(-c2ccc(-c3ccc(N(c4ccccc4)c4ccc5c6ccccc6n(-c6ccc(-c7ccc(-c8ccccc8)cc7)cc6)c5c4)cc3)cc2)cc1. The molecule has 10 aromatic rings. The lowest BCUT2D eigenvalue weighted by Gasteiger charge is -2.26. The van der Waals surface area contributed by atoms with Crippen molar-refractivity contribution in [2.24, 2.45) is 0 Å². The first-order chi connectivity index (χ1) is 27.8. The van der Waals surface area contributed by atoms with E-state index in [-0.39, 0.29) is 0 Å². The molecule has 0 aliphatic heterocycles. The highest BCUT2D eigenvalue weighted by Crippen LogP contribution is 2.40. The molecule has 0 bridgehead atoms. The fourth-order valence-electron chi connectivity index (χ4n) is 7.98. The Morgan fingerprint density at radius 1 is 0.250 bits per heavy atom. The molecule has 0 amide bonds. The Kier molecular flexibility index (Phi) is 8.55. The third-order valence-electron chi connectivity index (χ3n) is 10.8. The highest BCUT2D eigenvalue weighted by Gasteiger charge is 2.18. The van der Waals surface area contributed by atoms with Crippen molar-refractivity contribution in [2.75, 3.05) is 4.90 Å². The monoisotopic (exact) mass is 714 g/mol. The van der Waals surface area contributed by atoms with Gasteiger partial charge in [0.1, 0.15) is 0 Å².